The highest BCUT2D eigenvalue weighted by molar-refractivity contribution is 9.10. The van der Waals surface area contributed by atoms with Crippen molar-refractivity contribution < 1.29 is 0 Å². The number of hydrogen-bond donors (Lipinski definition) is 1. The van der Waals surface area contributed by atoms with Gasteiger partial charge in [-0.3, -0.25) is 0 Å². The summed E-state index contributed by atoms with van der Waals surface area (Å²) in [6, 6.07) is 9.31. The SMILES string of the molecule is CC(C)C1CCCN1CCC(N)c1ccc(Br)cc1. The molecule has 1 heterocycles. The molecule has 1 aromatic carbocycles. The number of likely N-dealkylation sites (tertiary alicyclic amines) is 1. The minimum Gasteiger partial charge on any atom is -0.324 e. The number of rotatable bonds is 5. The Bertz CT molecular complexity index is 388. The lowest BCUT2D eigenvalue weighted by Gasteiger charge is -2.28. The Morgan fingerprint density at radius 2 is 2.00 bits per heavy atom. The Balaban J connectivity index is 1.86. The average Bonchev–Trinajstić information content (AvgIpc) is 2.85. The first-order chi connectivity index (χ1) is 9.08. The average molecular weight is 325 g/mol. The number of benzene rings is 1. The fourth-order valence-electron chi connectivity index (χ4n) is 3.07. The summed E-state index contributed by atoms with van der Waals surface area (Å²) < 4.78 is 1.11. The second-order valence-electron chi connectivity index (χ2n) is 5.94. The molecule has 0 aromatic heterocycles. The number of nitrogens with zero attached hydrogens (tertiary/aromatic N) is 1. The third kappa shape index (κ3) is 4.04. The zero-order valence-electron chi connectivity index (χ0n) is 12.0. The molecule has 1 aliphatic heterocycles. The first-order valence-electron chi connectivity index (χ1n) is 7.33. The normalized spacial score (nSPS) is 22.1. The Labute approximate surface area is 125 Å². The van der Waals surface area contributed by atoms with Crippen LogP contribution in [0.3, 0.4) is 0 Å². The highest BCUT2D eigenvalue weighted by Gasteiger charge is 2.26. The van der Waals surface area contributed by atoms with Crippen molar-refractivity contribution in [3.8, 4) is 0 Å². The summed E-state index contributed by atoms with van der Waals surface area (Å²) in [6.45, 7) is 7.03. The molecule has 0 bridgehead atoms. The van der Waals surface area contributed by atoms with Gasteiger partial charge in [0.1, 0.15) is 0 Å². The van der Waals surface area contributed by atoms with E-state index in [4.69, 9.17) is 5.73 Å². The summed E-state index contributed by atoms with van der Waals surface area (Å²) in [5.74, 6) is 0.756. The predicted octanol–water partition coefficient (Wildman–Crippen LogP) is 3.96. The lowest BCUT2D eigenvalue weighted by molar-refractivity contribution is 0.200. The van der Waals surface area contributed by atoms with Crippen LogP contribution < -0.4 is 5.73 Å². The molecule has 106 valence electrons. The molecule has 3 heteroatoms. The Morgan fingerprint density at radius 3 is 2.63 bits per heavy atom. The van der Waals surface area contributed by atoms with Crippen LogP contribution in [0.5, 0.6) is 0 Å². The summed E-state index contributed by atoms with van der Waals surface area (Å²) in [6.07, 6.45) is 3.74. The van der Waals surface area contributed by atoms with Gasteiger partial charge < -0.3 is 10.6 Å². The predicted molar refractivity (Wildman–Crippen MR) is 85.1 cm³/mol. The molecule has 2 nitrogen and oxygen atoms in total. The molecule has 0 saturated carbocycles. The monoisotopic (exact) mass is 324 g/mol. The quantitative estimate of drug-likeness (QED) is 0.888. The molecule has 0 radical (unpaired) electrons. The van der Waals surface area contributed by atoms with Gasteiger partial charge in [0, 0.05) is 23.1 Å². The molecule has 2 rings (SSSR count). The van der Waals surface area contributed by atoms with Crippen molar-refractivity contribution in [2.75, 3.05) is 13.1 Å². The van der Waals surface area contributed by atoms with Crippen molar-refractivity contribution in [1.82, 2.24) is 4.90 Å². The van der Waals surface area contributed by atoms with E-state index in [9.17, 15) is 0 Å². The van der Waals surface area contributed by atoms with Crippen LogP contribution in [0, 0.1) is 5.92 Å². The van der Waals surface area contributed by atoms with E-state index in [1.165, 1.54) is 24.9 Å². The van der Waals surface area contributed by atoms with Crippen molar-refractivity contribution in [1.29, 1.82) is 0 Å². The topological polar surface area (TPSA) is 29.3 Å². The van der Waals surface area contributed by atoms with Gasteiger partial charge in [-0.05, 0) is 49.4 Å². The van der Waals surface area contributed by atoms with Crippen LogP contribution >= 0.6 is 15.9 Å². The summed E-state index contributed by atoms with van der Waals surface area (Å²) in [7, 11) is 0. The van der Waals surface area contributed by atoms with Gasteiger partial charge in [0.2, 0.25) is 0 Å². The van der Waals surface area contributed by atoms with Crippen molar-refractivity contribution >= 4 is 15.9 Å². The summed E-state index contributed by atoms with van der Waals surface area (Å²) in [5, 5.41) is 0. The van der Waals surface area contributed by atoms with Crippen LogP contribution in [0.2, 0.25) is 0 Å². The molecule has 19 heavy (non-hydrogen) atoms. The van der Waals surface area contributed by atoms with Gasteiger partial charge in [0.25, 0.3) is 0 Å². The summed E-state index contributed by atoms with van der Waals surface area (Å²) >= 11 is 3.46. The molecule has 1 aromatic rings. The third-order valence-corrected chi connectivity index (χ3v) is 4.74. The second-order valence-corrected chi connectivity index (χ2v) is 6.85. The van der Waals surface area contributed by atoms with Gasteiger partial charge in [-0.1, -0.05) is 41.9 Å². The third-order valence-electron chi connectivity index (χ3n) is 4.21. The maximum absolute atomic E-state index is 6.30. The molecule has 2 unspecified atom stereocenters. The maximum Gasteiger partial charge on any atom is 0.0307 e. The van der Waals surface area contributed by atoms with E-state index in [1.807, 2.05) is 0 Å². The van der Waals surface area contributed by atoms with Crippen molar-refractivity contribution in [3.63, 3.8) is 0 Å². The number of nitrogens with two attached hydrogens (primary N) is 1. The highest BCUT2D eigenvalue weighted by Crippen LogP contribution is 2.25. The van der Waals surface area contributed by atoms with E-state index < -0.39 is 0 Å². The van der Waals surface area contributed by atoms with Crippen LogP contribution in [0.1, 0.15) is 44.7 Å². The van der Waals surface area contributed by atoms with Gasteiger partial charge in [-0.2, -0.15) is 0 Å². The molecule has 2 atom stereocenters. The first-order valence-corrected chi connectivity index (χ1v) is 8.12. The number of halogens is 1. The standard InChI is InChI=1S/C16H25BrN2/c1-12(2)16-4-3-10-19(16)11-9-15(18)13-5-7-14(17)8-6-13/h5-8,12,15-16H,3-4,9-11,18H2,1-2H3. The lowest BCUT2D eigenvalue weighted by atomic mass is 10.0. The smallest absolute Gasteiger partial charge is 0.0307 e. The second kappa shape index (κ2) is 6.87. The van der Waals surface area contributed by atoms with Crippen LogP contribution in [0.15, 0.2) is 28.7 Å². The highest BCUT2D eigenvalue weighted by atomic mass is 79.9. The minimum absolute atomic E-state index is 0.154. The molecular formula is C16H25BrN2. The molecule has 0 amide bonds. The Hall–Kier alpha value is -0.380. The number of hydrogen-bond acceptors (Lipinski definition) is 2. The molecule has 1 fully saturated rings. The zero-order valence-corrected chi connectivity index (χ0v) is 13.6. The van der Waals surface area contributed by atoms with E-state index in [0.717, 1.165) is 29.4 Å². The van der Waals surface area contributed by atoms with Crippen molar-refractivity contribution in [2.45, 2.75) is 45.2 Å². The minimum atomic E-state index is 0.154. The van der Waals surface area contributed by atoms with Gasteiger partial charge >= 0.3 is 0 Å². The molecule has 2 N–H and O–H groups in total. The van der Waals surface area contributed by atoms with Gasteiger partial charge in [0.15, 0.2) is 0 Å². The fourth-order valence-corrected chi connectivity index (χ4v) is 3.33. The lowest BCUT2D eigenvalue weighted by Crippen LogP contribution is -2.35. The summed E-state index contributed by atoms with van der Waals surface area (Å²) in [4.78, 5) is 2.63. The van der Waals surface area contributed by atoms with Crippen LogP contribution in [0.25, 0.3) is 0 Å². The van der Waals surface area contributed by atoms with E-state index in [-0.39, 0.29) is 6.04 Å². The molecule has 0 spiro atoms. The first kappa shape index (κ1) is 15.0. The van der Waals surface area contributed by atoms with Gasteiger partial charge in [-0.25, -0.2) is 0 Å². The van der Waals surface area contributed by atoms with E-state index in [0.29, 0.717) is 0 Å². The molecule has 1 saturated heterocycles. The summed E-state index contributed by atoms with van der Waals surface area (Å²) in [5.41, 5.74) is 7.54. The van der Waals surface area contributed by atoms with Crippen molar-refractivity contribution in [2.24, 2.45) is 11.7 Å². The van der Waals surface area contributed by atoms with Gasteiger partial charge in [0.05, 0.1) is 0 Å². The maximum atomic E-state index is 6.30. The molecule has 0 aliphatic carbocycles. The van der Waals surface area contributed by atoms with Gasteiger partial charge in [-0.15, -0.1) is 0 Å². The van der Waals surface area contributed by atoms with Crippen LogP contribution in [0.4, 0.5) is 0 Å². The molecular weight excluding hydrogens is 300 g/mol. The van der Waals surface area contributed by atoms with Crippen molar-refractivity contribution in [3.05, 3.63) is 34.3 Å². The Morgan fingerprint density at radius 1 is 1.32 bits per heavy atom. The largest absolute Gasteiger partial charge is 0.324 e. The molecule has 1 aliphatic rings. The zero-order chi connectivity index (χ0) is 13.8. The Kier molecular flexibility index (Phi) is 5.43. The van der Waals surface area contributed by atoms with Crippen LogP contribution in [-0.2, 0) is 0 Å². The fraction of sp³-hybridized carbons (Fsp3) is 0.625. The van der Waals surface area contributed by atoms with E-state index in [1.54, 1.807) is 0 Å². The van der Waals surface area contributed by atoms with Crippen LogP contribution in [-0.4, -0.2) is 24.0 Å². The van der Waals surface area contributed by atoms with E-state index >= 15 is 0 Å². The van der Waals surface area contributed by atoms with E-state index in [2.05, 4.69) is 58.9 Å².